The van der Waals surface area contributed by atoms with Gasteiger partial charge in [-0.3, -0.25) is 10.1 Å². The summed E-state index contributed by atoms with van der Waals surface area (Å²) in [5, 5.41) is 14.4. The number of nitro groups is 1. The number of para-hydroxylation sites is 1. The third kappa shape index (κ3) is 2.89. The van der Waals surface area contributed by atoms with Crippen LogP contribution >= 0.6 is 0 Å². The molecule has 0 bridgehead atoms. The molecule has 3 atom stereocenters. The Morgan fingerprint density at radius 1 is 1.25 bits per heavy atom. The van der Waals surface area contributed by atoms with E-state index < -0.39 is 22.7 Å². The fraction of sp³-hybridized carbons (Fsp3) is 0.300. The minimum Gasteiger partial charge on any atom is -0.490 e. The van der Waals surface area contributed by atoms with Crippen LogP contribution in [0, 0.1) is 16.0 Å². The summed E-state index contributed by atoms with van der Waals surface area (Å²) in [5.74, 6) is -0.0873. The molecule has 4 rings (SSSR count). The van der Waals surface area contributed by atoms with Gasteiger partial charge in [-0.1, -0.05) is 30.4 Å². The SMILES string of the molecule is COc1ccc([C@@H]2Nc3c(cccc3C(F)(F)F)[C@H]3C=CC[C@H]32)cc1[N+](=O)[O-]. The number of fused-ring (bicyclic) bond motifs is 3. The molecule has 1 N–H and O–H groups in total. The number of ether oxygens (including phenoxy) is 1. The molecule has 0 fully saturated rings. The molecule has 0 spiro atoms. The second-order valence-electron chi connectivity index (χ2n) is 6.93. The van der Waals surface area contributed by atoms with Gasteiger partial charge < -0.3 is 10.1 Å². The number of nitro benzene ring substituents is 1. The predicted molar refractivity (Wildman–Crippen MR) is 97.4 cm³/mol. The molecule has 1 aliphatic heterocycles. The number of anilines is 1. The Bertz CT molecular complexity index is 972. The van der Waals surface area contributed by atoms with Crippen molar-refractivity contribution in [2.75, 3.05) is 12.4 Å². The largest absolute Gasteiger partial charge is 0.490 e. The van der Waals surface area contributed by atoms with Crippen molar-refractivity contribution in [3.05, 3.63) is 75.4 Å². The van der Waals surface area contributed by atoms with Crippen LogP contribution in [0.1, 0.15) is 35.1 Å². The lowest BCUT2D eigenvalue weighted by molar-refractivity contribution is -0.385. The molecule has 8 heteroatoms. The van der Waals surface area contributed by atoms with Crippen molar-refractivity contribution in [3.8, 4) is 5.75 Å². The van der Waals surface area contributed by atoms with Gasteiger partial charge in [-0.2, -0.15) is 13.2 Å². The van der Waals surface area contributed by atoms with Crippen molar-refractivity contribution in [1.82, 2.24) is 0 Å². The highest BCUT2D eigenvalue weighted by molar-refractivity contribution is 5.65. The molecular weight excluding hydrogens is 373 g/mol. The van der Waals surface area contributed by atoms with Crippen LogP contribution in [0.3, 0.4) is 0 Å². The van der Waals surface area contributed by atoms with Gasteiger partial charge in [-0.15, -0.1) is 0 Å². The van der Waals surface area contributed by atoms with Crippen molar-refractivity contribution >= 4 is 11.4 Å². The monoisotopic (exact) mass is 390 g/mol. The molecule has 2 aromatic carbocycles. The summed E-state index contributed by atoms with van der Waals surface area (Å²) in [4.78, 5) is 10.8. The standard InChI is InChI=1S/C20H17F3N2O3/c1-28-17-9-8-11(10-16(17)25(26)27)18-13-5-2-4-12(13)14-6-3-7-15(19(14)24-18)20(21,22)23/h2-4,6-10,12-13,18,24H,5H2,1H3/t12-,13+,18-/m0/s1. The Balaban J connectivity index is 1.83. The molecule has 0 radical (unpaired) electrons. The molecular formula is C20H17F3N2O3. The van der Waals surface area contributed by atoms with E-state index >= 15 is 0 Å². The second kappa shape index (κ2) is 6.54. The number of nitrogens with one attached hydrogen (secondary N) is 1. The molecule has 2 aromatic rings. The van der Waals surface area contributed by atoms with Crippen LogP contribution in [0.2, 0.25) is 0 Å². The van der Waals surface area contributed by atoms with Gasteiger partial charge in [0.15, 0.2) is 5.75 Å². The molecule has 0 unspecified atom stereocenters. The number of hydrogen-bond acceptors (Lipinski definition) is 4. The van der Waals surface area contributed by atoms with Crippen LogP contribution in [-0.4, -0.2) is 12.0 Å². The number of allylic oxidation sites excluding steroid dienone is 2. The van der Waals surface area contributed by atoms with Gasteiger partial charge in [-0.25, -0.2) is 0 Å². The van der Waals surface area contributed by atoms with Gasteiger partial charge in [0.2, 0.25) is 0 Å². The highest BCUT2D eigenvalue weighted by Crippen LogP contribution is 2.53. The molecule has 28 heavy (non-hydrogen) atoms. The van der Waals surface area contributed by atoms with Gasteiger partial charge in [0.25, 0.3) is 0 Å². The van der Waals surface area contributed by atoms with E-state index in [1.54, 1.807) is 12.1 Å². The van der Waals surface area contributed by atoms with Gasteiger partial charge in [-0.05, 0) is 35.6 Å². The van der Waals surface area contributed by atoms with E-state index in [4.69, 9.17) is 4.74 Å². The zero-order valence-corrected chi connectivity index (χ0v) is 14.9. The number of rotatable bonds is 3. The highest BCUT2D eigenvalue weighted by Gasteiger charge is 2.43. The lowest BCUT2D eigenvalue weighted by Gasteiger charge is -2.38. The predicted octanol–water partition coefficient (Wildman–Crippen LogP) is 5.45. The first-order chi connectivity index (χ1) is 13.3. The van der Waals surface area contributed by atoms with Gasteiger partial charge in [0, 0.05) is 12.0 Å². The fourth-order valence-corrected chi connectivity index (χ4v) is 4.23. The van der Waals surface area contributed by atoms with E-state index in [0.717, 1.165) is 6.07 Å². The Labute approximate surface area is 159 Å². The maximum atomic E-state index is 13.6. The Kier molecular flexibility index (Phi) is 4.28. The molecule has 0 saturated heterocycles. The molecule has 2 aliphatic rings. The Hall–Kier alpha value is -3.03. The van der Waals surface area contributed by atoms with E-state index in [9.17, 15) is 23.3 Å². The number of halogens is 3. The van der Waals surface area contributed by atoms with Gasteiger partial charge in [0.1, 0.15) is 0 Å². The van der Waals surface area contributed by atoms with Crippen molar-refractivity contribution in [3.63, 3.8) is 0 Å². The summed E-state index contributed by atoms with van der Waals surface area (Å²) in [6.07, 6.45) is 0.0640. The number of methoxy groups -OCH3 is 1. The fourth-order valence-electron chi connectivity index (χ4n) is 4.23. The smallest absolute Gasteiger partial charge is 0.418 e. The molecule has 0 aromatic heterocycles. The van der Waals surface area contributed by atoms with Crippen LogP contribution in [0.25, 0.3) is 0 Å². The third-order valence-electron chi connectivity index (χ3n) is 5.46. The Morgan fingerprint density at radius 2 is 2.04 bits per heavy atom. The van der Waals surface area contributed by atoms with Crippen LogP contribution in [0.4, 0.5) is 24.5 Å². The van der Waals surface area contributed by atoms with E-state index in [2.05, 4.69) is 5.32 Å². The number of alkyl halides is 3. The topological polar surface area (TPSA) is 64.4 Å². The minimum atomic E-state index is -4.50. The first-order valence-electron chi connectivity index (χ1n) is 8.77. The van der Waals surface area contributed by atoms with Crippen LogP contribution in [0.5, 0.6) is 5.75 Å². The molecule has 0 saturated carbocycles. The van der Waals surface area contributed by atoms with E-state index in [0.29, 0.717) is 17.5 Å². The molecule has 1 aliphatic carbocycles. The Morgan fingerprint density at radius 3 is 2.71 bits per heavy atom. The number of nitrogens with zero attached hydrogens (tertiary/aromatic N) is 1. The van der Waals surface area contributed by atoms with Crippen molar-refractivity contribution in [2.24, 2.45) is 5.92 Å². The first-order valence-corrected chi connectivity index (χ1v) is 8.77. The highest BCUT2D eigenvalue weighted by atomic mass is 19.4. The summed E-state index contributed by atoms with van der Waals surface area (Å²) in [6, 6.07) is 8.23. The third-order valence-corrected chi connectivity index (χ3v) is 5.46. The summed E-state index contributed by atoms with van der Waals surface area (Å²) in [5.41, 5.74) is 0.281. The summed E-state index contributed by atoms with van der Waals surface area (Å²) < 4.78 is 45.7. The summed E-state index contributed by atoms with van der Waals surface area (Å²) in [6.45, 7) is 0. The van der Waals surface area contributed by atoms with Crippen molar-refractivity contribution in [2.45, 2.75) is 24.6 Å². The second-order valence-corrected chi connectivity index (χ2v) is 6.93. The zero-order valence-electron chi connectivity index (χ0n) is 14.9. The summed E-state index contributed by atoms with van der Waals surface area (Å²) >= 11 is 0. The maximum Gasteiger partial charge on any atom is 0.418 e. The summed E-state index contributed by atoms with van der Waals surface area (Å²) in [7, 11) is 1.34. The number of benzene rings is 2. The molecule has 1 heterocycles. The quantitative estimate of drug-likeness (QED) is 0.430. The maximum absolute atomic E-state index is 13.6. The number of hydrogen-bond donors (Lipinski definition) is 1. The minimum absolute atomic E-state index is 0.0241. The van der Waals surface area contributed by atoms with Crippen LogP contribution < -0.4 is 10.1 Å². The van der Waals surface area contributed by atoms with E-state index in [1.165, 1.54) is 25.3 Å². The van der Waals surface area contributed by atoms with Crippen molar-refractivity contribution < 1.29 is 22.8 Å². The van der Waals surface area contributed by atoms with Crippen LogP contribution in [0.15, 0.2) is 48.6 Å². The van der Waals surface area contributed by atoms with Gasteiger partial charge >= 0.3 is 11.9 Å². The van der Waals surface area contributed by atoms with Crippen LogP contribution in [-0.2, 0) is 6.18 Å². The van der Waals surface area contributed by atoms with E-state index in [-0.39, 0.29) is 29.0 Å². The van der Waals surface area contributed by atoms with Crippen molar-refractivity contribution in [1.29, 1.82) is 0 Å². The lowest BCUT2D eigenvalue weighted by Crippen LogP contribution is -2.30. The lowest BCUT2D eigenvalue weighted by atomic mass is 9.76. The van der Waals surface area contributed by atoms with E-state index in [1.807, 2.05) is 12.2 Å². The normalized spacial score (nSPS) is 22.9. The molecule has 0 amide bonds. The first kappa shape index (κ1) is 18.3. The molecule has 146 valence electrons. The average molecular weight is 390 g/mol. The zero-order chi connectivity index (χ0) is 20.1. The average Bonchev–Trinajstić information content (AvgIpc) is 3.15. The van der Waals surface area contributed by atoms with Gasteiger partial charge in [0.05, 0.1) is 29.3 Å². The molecule has 5 nitrogen and oxygen atoms in total.